The average Bonchev–Trinajstić information content (AvgIpc) is 3.38. The number of anilines is 1. The fraction of sp³-hybridized carbons (Fsp3) is 0.320. The molecule has 0 fully saturated rings. The first-order chi connectivity index (χ1) is 14.1. The van der Waals surface area contributed by atoms with E-state index in [4.69, 9.17) is 0 Å². The molecule has 0 saturated carbocycles. The molecule has 2 aliphatic carbocycles. The Morgan fingerprint density at radius 3 is 2.45 bits per heavy atom. The summed E-state index contributed by atoms with van der Waals surface area (Å²) in [5, 5.41) is 11.8. The van der Waals surface area contributed by atoms with Crippen molar-refractivity contribution in [1.82, 2.24) is 0 Å². The molecule has 29 heavy (non-hydrogen) atoms. The Morgan fingerprint density at radius 1 is 1.00 bits per heavy atom. The van der Waals surface area contributed by atoms with Gasteiger partial charge in [-0.25, -0.2) is 4.39 Å². The molecule has 0 N–H and O–H groups in total. The highest BCUT2D eigenvalue weighted by molar-refractivity contribution is 5.89. The maximum Gasteiger partial charge on any atom is 0.123 e. The Kier molecular flexibility index (Phi) is 3.55. The molecule has 5 atom stereocenters. The van der Waals surface area contributed by atoms with E-state index in [9.17, 15) is 14.3 Å². The first-order valence-corrected chi connectivity index (χ1v) is 10.4. The number of halogens is 1. The van der Waals surface area contributed by atoms with Crippen molar-refractivity contribution in [2.75, 3.05) is 11.4 Å². The molecular formula is C25H21FNO2-. The van der Waals surface area contributed by atoms with E-state index in [1.165, 1.54) is 5.69 Å². The zero-order chi connectivity index (χ0) is 19.7. The number of carboxylic acid groups (broad SMARTS) is 1. The molecule has 0 spiro atoms. The van der Waals surface area contributed by atoms with E-state index in [0.717, 1.165) is 36.1 Å². The van der Waals surface area contributed by atoms with Crippen LogP contribution < -0.4 is 10.0 Å². The zero-order valence-electron chi connectivity index (χ0n) is 15.9. The number of aromatic carboxylic acids is 1. The van der Waals surface area contributed by atoms with E-state index in [1.807, 2.05) is 24.3 Å². The van der Waals surface area contributed by atoms with Crippen molar-refractivity contribution in [2.45, 2.75) is 30.7 Å². The summed E-state index contributed by atoms with van der Waals surface area (Å²) in [5.74, 6) is -0.126. The lowest BCUT2D eigenvalue weighted by Crippen LogP contribution is -2.46. The minimum absolute atomic E-state index is 0.164. The third kappa shape index (κ3) is 2.38. The van der Waals surface area contributed by atoms with Gasteiger partial charge in [-0.3, -0.25) is 0 Å². The predicted octanol–water partition coefficient (Wildman–Crippen LogP) is 4.08. The molecule has 6 rings (SSSR count). The summed E-state index contributed by atoms with van der Waals surface area (Å²) in [6.45, 7) is 0.938. The predicted molar refractivity (Wildman–Crippen MR) is 107 cm³/mol. The molecule has 0 aromatic heterocycles. The van der Waals surface area contributed by atoms with Crippen LogP contribution in [0.4, 0.5) is 10.1 Å². The normalized spacial score (nSPS) is 30.8. The molecule has 2 aromatic carbocycles. The minimum atomic E-state index is -1.11. The van der Waals surface area contributed by atoms with Crippen LogP contribution in [0.25, 0.3) is 0 Å². The van der Waals surface area contributed by atoms with Gasteiger partial charge in [0.15, 0.2) is 0 Å². The van der Waals surface area contributed by atoms with Gasteiger partial charge in [-0.15, -0.1) is 0 Å². The molecular weight excluding hydrogens is 365 g/mol. The number of hydrogen-bond acceptors (Lipinski definition) is 3. The number of carbonyl (C=O) groups is 1. The highest BCUT2D eigenvalue weighted by atomic mass is 19.1. The maximum atomic E-state index is 13.6. The number of allylic oxidation sites excluding steroid dienone is 4. The summed E-state index contributed by atoms with van der Waals surface area (Å²) in [5.41, 5.74) is 4.81. The van der Waals surface area contributed by atoms with Crippen LogP contribution in [0.5, 0.6) is 0 Å². The fourth-order valence-corrected chi connectivity index (χ4v) is 6.13. The van der Waals surface area contributed by atoms with Crippen molar-refractivity contribution in [3.05, 3.63) is 88.8 Å². The third-order valence-electron chi connectivity index (χ3n) is 7.30. The lowest BCUT2D eigenvalue weighted by atomic mass is 9.70. The van der Waals surface area contributed by atoms with Gasteiger partial charge in [0.2, 0.25) is 0 Å². The van der Waals surface area contributed by atoms with Gasteiger partial charge in [-0.1, -0.05) is 36.4 Å². The van der Waals surface area contributed by atoms with E-state index in [2.05, 4.69) is 29.2 Å². The molecule has 4 heteroatoms. The lowest BCUT2D eigenvalue weighted by Gasteiger charge is -2.51. The standard InChI is InChI=1S/C25H22FNO2/c26-17-9-7-14(8-10-17)23-20-6-2-5-19(20)22-12-16(25(28)29)11-21-18-4-1-3-15(18)13-27(23)24(21)22/h1-2,4-5,7-12,15,18-20,23H,3,6,13H2,(H,28,29)/p-1/t15-,18+,19+,20-,23-/m1/s1. The summed E-state index contributed by atoms with van der Waals surface area (Å²) in [7, 11) is 0. The topological polar surface area (TPSA) is 43.4 Å². The zero-order valence-corrected chi connectivity index (χ0v) is 15.9. The highest BCUT2D eigenvalue weighted by Gasteiger charge is 2.47. The Morgan fingerprint density at radius 2 is 1.69 bits per heavy atom. The lowest BCUT2D eigenvalue weighted by molar-refractivity contribution is -0.255. The van der Waals surface area contributed by atoms with Crippen LogP contribution in [-0.2, 0) is 0 Å². The van der Waals surface area contributed by atoms with Crippen molar-refractivity contribution < 1.29 is 14.3 Å². The van der Waals surface area contributed by atoms with Crippen LogP contribution in [0.3, 0.4) is 0 Å². The van der Waals surface area contributed by atoms with Gasteiger partial charge < -0.3 is 14.8 Å². The molecule has 3 nitrogen and oxygen atoms in total. The molecule has 0 saturated heterocycles. The van der Waals surface area contributed by atoms with Crippen LogP contribution in [0.15, 0.2) is 60.7 Å². The van der Waals surface area contributed by atoms with Crippen molar-refractivity contribution >= 4 is 11.7 Å². The van der Waals surface area contributed by atoms with Gasteiger partial charge in [0.25, 0.3) is 0 Å². The van der Waals surface area contributed by atoms with Gasteiger partial charge >= 0.3 is 0 Å². The summed E-state index contributed by atoms with van der Waals surface area (Å²) < 4.78 is 13.6. The second-order valence-electron chi connectivity index (χ2n) is 8.74. The molecule has 0 unspecified atom stereocenters. The van der Waals surface area contributed by atoms with Crippen molar-refractivity contribution in [3.63, 3.8) is 0 Å². The monoisotopic (exact) mass is 386 g/mol. The molecule has 0 amide bonds. The van der Waals surface area contributed by atoms with E-state index in [0.29, 0.717) is 11.8 Å². The van der Waals surface area contributed by atoms with Gasteiger partial charge in [-0.2, -0.15) is 0 Å². The van der Waals surface area contributed by atoms with Crippen LogP contribution in [0, 0.1) is 17.7 Å². The van der Waals surface area contributed by atoms with Gasteiger partial charge in [0.1, 0.15) is 5.82 Å². The van der Waals surface area contributed by atoms with Gasteiger partial charge in [0, 0.05) is 24.1 Å². The number of nitrogens with zero attached hydrogens (tertiary/aromatic N) is 1. The number of benzene rings is 2. The van der Waals surface area contributed by atoms with Crippen LogP contribution in [0.1, 0.15) is 57.8 Å². The second-order valence-corrected chi connectivity index (χ2v) is 8.74. The number of carboxylic acids is 1. The summed E-state index contributed by atoms with van der Waals surface area (Å²) in [6.07, 6.45) is 10.8. The Balaban J connectivity index is 1.59. The van der Waals surface area contributed by atoms with E-state index < -0.39 is 5.97 Å². The Bertz CT molecular complexity index is 1050. The fourth-order valence-electron chi connectivity index (χ4n) is 6.13. The number of fused-ring (bicyclic) bond motifs is 4. The smallest absolute Gasteiger partial charge is 0.123 e. The SMILES string of the molecule is O=C([O-])c1cc2c3c(c1)[C@H]1C=CC[C@H]1[C@@H](c1ccc(F)cc1)N3C[C@H]1CC=C[C@H]21. The number of hydrogen-bond donors (Lipinski definition) is 0. The van der Waals surface area contributed by atoms with Crippen molar-refractivity contribution in [2.24, 2.45) is 11.8 Å². The van der Waals surface area contributed by atoms with Gasteiger partial charge in [-0.05, 0) is 71.2 Å². The highest BCUT2D eigenvalue weighted by Crippen LogP contribution is 2.58. The van der Waals surface area contributed by atoms with Crippen molar-refractivity contribution in [3.8, 4) is 0 Å². The van der Waals surface area contributed by atoms with E-state index >= 15 is 0 Å². The second kappa shape index (κ2) is 6.06. The first-order valence-electron chi connectivity index (χ1n) is 10.4. The van der Waals surface area contributed by atoms with Gasteiger partial charge in [0.05, 0.1) is 12.0 Å². The molecule has 0 bridgehead atoms. The minimum Gasteiger partial charge on any atom is -0.545 e. The van der Waals surface area contributed by atoms with Crippen LogP contribution in [-0.4, -0.2) is 12.5 Å². The third-order valence-corrected chi connectivity index (χ3v) is 7.30. The van der Waals surface area contributed by atoms with Crippen LogP contribution in [0.2, 0.25) is 0 Å². The molecule has 2 heterocycles. The first kappa shape index (κ1) is 17.0. The average molecular weight is 386 g/mol. The molecule has 2 aliphatic heterocycles. The molecule has 0 radical (unpaired) electrons. The molecule has 2 aromatic rings. The summed E-state index contributed by atoms with van der Waals surface area (Å²) in [4.78, 5) is 14.2. The summed E-state index contributed by atoms with van der Waals surface area (Å²) >= 11 is 0. The Hall–Kier alpha value is -2.88. The van der Waals surface area contributed by atoms with Crippen LogP contribution >= 0.6 is 0 Å². The number of rotatable bonds is 2. The maximum absolute atomic E-state index is 13.6. The summed E-state index contributed by atoms with van der Waals surface area (Å²) in [6, 6.07) is 10.7. The van der Waals surface area contributed by atoms with E-state index in [1.54, 1.807) is 12.1 Å². The van der Waals surface area contributed by atoms with Crippen molar-refractivity contribution in [1.29, 1.82) is 0 Å². The quantitative estimate of drug-likeness (QED) is 0.731. The molecule has 4 aliphatic rings. The van der Waals surface area contributed by atoms with E-state index in [-0.39, 0.29) is 29.3 Å². The molecule has 146 valence electrons. The largest absolute Gasteiger partial charge is 0.545 e. The number of carbonyl (C=O) groups excluding carboxylic acids is 1. The Labute approximate surface area is 169 Å².